The number of carbonyl (C=O) groups excluding carboxylic acids is 1. The first kappa shape index (κ1) is 14.0. The number of aromatic nitrogens is 2. The van der Waals surface area contributed by atoms with Crippen LogP contribution < -0.4 is 5.32 Å². The number of piperidine rings is 1. The molecule has 0 aromatic carbocycles. The van der Waals surface area contributed by atoms with Crippen LogP contribution in [0, 0.1) is 0 Å². The van der Waals surface area contributed by atoms with Crippen molar-refractivity contribution in [2.24, 2.45) is 0 Å². The number of rotatable bonds is 5. The molecule has 0 spiro atoms. The van der Waals surface area contributed by atoms with E-state index in [0.29, 0.717) is 13.0 Å². The number of nitrogens with zero attached hydrogens (tertiary/aromatic N) is 3. The summed E-state index contributed by atoms with van der Waals surface area (Å²) in [6.45, 7) is 3.27. The molecule has 1 aromatic rings. The first-order chi connectivity index (χ1) is 9.11. The van der Waals surface area contributed by atoms with E-state index < -0.39 is 5.60 Å². The Morgan fingerprint density at radius 3 is 3.05 bits per heavy atom. The topological polar surface area (TPSA) is 70.4 Å². The van der Waals surface area contributed by atoms with Gasteiger partial charge in [0, 0.05) is 39.1 Å². The molecule has 0 bridgehead atoms. The Morgan fingerprint density at radius 2 is 2.37 bits per heavy atom. The Hall–Kier alpha value is -1.40. The average Bonchev–Trinajstić information content (AvgIpc) is 2.89. The molecule has 2 rings (SSSR count). The molecule has 1 saturated heterocycles. The number of carbonyl (C=O) groups is 1. The van der Waals surface area contributed by atoms with E-state index in [1.807, 2.05) is 10.8 Å². The van der Waals surface area contributed by atoms with E-state index in [0.717, 1.165) is 26.1 Å². The van der Waals surface area contributed by atoms with Crippen molar-refractivity contribution in [1.29, 1.82) is 0 Å². The van der Waals surface area contributed by atoms with Crippen molar-refractivity contribution in [3.8, 4) is 0 Å². The SMILES string of the molecule is CNC(=O)CC1(O)CCCN(CCn2ccnc2)C1. The van der Waals surface area contributed by atoms with E-state index in [1.165, 1.54) is 0 Å². The molecule has 1 aromatic heterocycles. The van der Waals surface area contributed by atoms with Crippen LogP contribution in [0.25, 0.3) is 0 Å². The maximum Gasteiger partial charge on any atom is 0.222 e. The Bertz CT molecular complexity index is 407. The maximum absolute atomic E-state index is 11.4. The second-order valence-electron chi connectivity index (χ2n) is 5.25. The molecule has 6 nitrogen and oxygen atoms in total. The number of nitrogens with one attached hydrogen (secondary N) is 1. The van der Waals surface area contributed by atoms with Crippen LogP contribution in [0.5, 0.6) is 0 Å². The van der Waals surface area contributed by atoms with Gasteiger partial charge in [-0.3, -0.25) is 9.69 Å². The fourth-order valence-electron chi connectivity index (χ4n) is 2.60. The highest BCUT2D eigenvalue weighted by molar-refractivity contribution is 5.76. The molecule has 6 heteroatoms. The van der Waals surface area contributed by atoms with Gasteiger partial charge in [-0.2, -0.15) is 0 Å². The molecule has 19 heavy (non-hydrogen) atoms. The van der Waals surface area contributed by atoms with Gasteiger partial charge in [-0.15, -0.1) is 0 Å². The zero-order valence-electron chi connectivity index (χ0n) is 11.4. The Labute approximate surface area is 113 Å². The molecule has 1 amide bonds. The second kappa shape index (κ2) is 6.16. The van der Waals surface area contributed by atoms with Gasteiger partial charge in [0.25, 0.3) is 0 Å². The fourth-order valence-corrected chi connectivity index (χ4v) is 2.60. The highest BCUT2D eigenvalue weighted by Gasteiger charge is 2.34. The zero-order valence-corrected chi connectivity index (χ0v) is 11.4. The van der Waals surface area contributed by atoms with Crippen LogP contribution in [0.1, 0.15) is 19.3 Å². The summed E-state index contributed by atoms with van der Waals surface area (Å²) >= 11 is 0. The van der Waals surface area contributed by atoms with Crippen LogP contribution in [0.4, 0.5) is 0 Å². The van der Waals surface area contributed by atoms with E-state index in [2.05, 4.69) is 15.2 Å². The van der Waals surface area contributed by atoms with Crippen molar-refractivity contribution >= 4 is 5.91 Å². The van der Waals surface area contributed by atoms with Gasteiger partial charge in [-0.05, 0) is 19.4 Å². The summed E-state index contributed by atoms with van der Waals surface area (Å²) in [5, 5.41) is 13.1. The van der Waals surface area contributed by atoms with Crippen LogP contribution in [-0.4, -0.2) is 57.7 Å². The molecule has 1 aliphatic rings. The normalized spacial score (nSPS) is 24.3. The van der Waals surface area contributed by atoms with Gasteiger partial charge < -0.3 is 15.0 Å². The van der Waals surface area contributed by atoms with E-state index in [4.69, 9.17) is 0 Å². The predicted molar refractivity (Wildman–Crippen MR) is 71.5 cm³/mol. The van der Waals surface area contributed by atoms with Crippen molar-refractivity contribution in [3.63, 3.8) is 0 Å². The molecule has 0 saturated carbocycles. The Morgan fingerprint density at radius 1 is 1.53 bits per heavy atom. The van der Waals surface area contributed by atoms with Crippen LogP contribution in [-0.2, 0) is 11.3 Å². The first-order valence-corrected chi connectivity index (χ1v) is 6.72. The molecule has 1 unspecified atom stereocenters. The molecule has 2 heterocycles. The quantitative estimate of drug-likeness (QED) is 0.777. The lowest BCUT2D eigenvalue weighted by atomic mass is 9.89. The van der Waals surface area contributed by atoms with Gasteiger partial charge >= 0.3 is 0 Å². The number of hydrogen-bond acceptors (Lipinski definition) is 4. The van der Waals surface area contributed by atoms with Gasteiger partial charge in [0.2, 0.25) is 5.91 Å². The Kier molecular flexibility index (Phi) is 4.55. The third-order valence-corrected chi connectivity index (χ3v) is 3.64. The second-order valence-corrected chi connectivity index (χ2v) is 5.25. The monoisotopic (exact) mass is 266 g/mol. The minimum atomic E-state index is -0.882. The molecule has 106 valence electrons. The van der Waals surface area contributed by atoms with Crippen molar-refractivity contribution in [2.75, 3.05) is 26.7 Å². The summed E-state index contributed by atoms with van der Waals surface area (Å²) in [4.78, 5) is 17.7. The Balaban J connectivity index is 1.84. The highest BCUT2D eigenvalue weighted by Crippen LogP contribution is 2.24. The summed E-state index contributed by atoms with van der Waals surface area (Å²) in [5.41, 5.74) is -0.882. The van der Waals surface area contributed by atoms with Gasteiger partial charge in [-0.25, -0.2) is 4.98 Å². The lowest BCUT2D eigenvalue weighted by molar-refractivity contribution is -0.128. The number of hydrogen-bond donors (Lipinski definition) is 2. The smallest absolute Gasteiger partial charge is 0.222 e. The number of amides is 1. The third-order valence-electron chi connectivity index (χ3n) is 3.64. The standard InChI is InChI=1S/C13H22N4O2/c1-14-12(18)9-13(19)3-2-5-16(10-13)7-8-17-6-4-15-11-17/h4,6,11,19H,2-3,5,7-10H2,1H3,(H,14,18). The summed E-state index contributed by atoms with van der Waals surface area (Å²) in [7, 11) is 1.60. The van der Waals surface area contributed by atoms with E-state index in [1.54, 1.807) is 19.6 Å². The number of likely N-dealkylation sites (tertiary alicyclic amines) is 1. The number of β-amino-alcohol motifs (C(OH)–C–C–N with tert-alkyl or cyclic N) is 1. The molecular weight excluding hydrogens is 244 g/mol. The lowest BCUT2D eigenvalue weighted by Crippen LogP contribution is -2.50. The van der Waals surface area contributed by atoms with Crippen molar-refractivity contribution < 1.29 is 9.90 Å². The largest absolute Gasteiger partial charge is 0.388 e. The van der Waals surface area contributed by atoms with E-state index >= 15 is 0 Å². The van der Waals surface area contributed by atoms with Crippen LogP contribution in [0.3, 0.4) is 0 Å². The average molecular weight is 266 g/mol. The summed E-state index contributed by atoms with van der Waals surface area (Å²) in [5.74, 6) is -0.0982. The summed E-state index contributed by atoms with van der Waals surface area (Å²) < 4.78 is 2.02. The zero-order chi connectivity index (χ0) is 13.7. The van der Waals surface area contributed by atoms with E-state index in [9.17, 15) is 9.90 Å². The third kappa shape index (κ3) is 4.04. The minimum absolute atomic E-state index is 0.0982. The van der Waals surface area contributed by atoms with Crippen LogP contribution in [0.2, 0.25) is 0 Å². The molecule has 0 aliphatic carbocycles. The molecule has 1 aliphatic heterocycles. The minimum Gasteiger partial charge on any atom is -0.388 e. The van der Waals surface area contributed by atoms with Crippen molar-refractivity contribution in [2.45, 2.75) is 31.4 Å². The maximum atomic E-state index is 11.4. The molecule has 2 N–H and O–H groups in total. The van der Waals surface area contributed by atoms with Gasteiger partial charge in [0.05, 0.1) is 18.3 Å². The first-order valence-electron chi connectivity index (χ1n) is 6.72. The van der Waals surface area contributed by atoms with Crippen LogP contribution in [0.15, 0.2) is 18.7 Å². The number of imidazole rings is 1. The van der Waals surface area contributed by atoms with Gasteiger partial charge in [0.15, 0.2) is 0 Å². The van der Waals surface area contributed by atoms with Crippen LogP contribution >= 0.6 is 0 Å². The van der Waals surface area contributed by atoms with Crippen molar-refractivity contribution in [3.05, 3.63) is 18.7 Å². The van der Waals surface area contributed by atoms with Crippen molar-refractivity contribution in [1.82, 2.24) is 19.8 Å². The van der Waals surface area contributed by atoms with Gasteiger partial charge in [0.1, 0.15) is 0 Å². The molecular formula is C13H22N4O2. The summed E-state index contributed by atoms with van der Waals surface area (Å²) in [6, 6.07) is 0. The van der Waals surface area contributed by atoms with E-state index in [-0.39, 0.29) is 12.3 Å². The predicted octanol–water partition coefficient (Wildman–Crippen LogP) is -0.154. The molecule has 1 atom stereocenters. The fraction of sp³-hybridized carbons (Fsp3) is 0.692. The van der Waals surface area contributed by atoms with Gasteiger partial charge in [-0.1, -0.05) is 0 Å². The number of aliphatic hydroxyl groups is 1. The summed E-state index contributed by atoms with van der Waals surface area (Å²) in [6.07, 6.45) is 7.30. The molecule has 0 radical (unpaired) electrons. The highest BCUT2D eigenvalue weighted by atomic mass is 16.3. The molecule has 1 fully saturated rings. The lowest BCUT2D eigenvalue weighted by Gasteiger charge is -2.38.